The molecular formula is C13H26N2O3. The predicted molar refractivity (Wildman–Crippen MR) is 71.6 cm³/mol. The van der Waals surface area contributed by atoms with Gasteiger partial charge in [0.25, 0.3) is 0 Å². The zero-order chi connectivity index (χ0) is 14.1. The Morgan fingerprint density at radius 1 is 1.33 bits per heavy atom. The SMILES string of the molecule is CCCCC(CC)CNC(=O)N(C)C(C)C(=O)O. The first kappa shape index (κ1) is 16.7. The Morgan fingerprint density at radius 2 is 1.94 bits per heavy atom. The van der Waals surface area contributed by atoms with E-state index in [0.717, 1.165) is 25.7 Å². The van der Waals surface area contributed by atoms with Gasteiger partial charge in [-0.1, -0.05) is 33.1 Å². The van der Waals surface area contributed by atoms with Gasteiger partial charge in [-0.2, -0.15) is 0 Å². The third-order valence-corrected chi connectivity index (χ3v) is 3.34. The number of amides is 2. The number of hydrogen-bond acceptors (Lipinski definition) is 2. The molecule has 0 rings (SSSR count). The molecule has 2 unspecified atom stereocenters. The number of likely N-dealkylation sites (N-methyl/N-ethyl adjacent to an activating group) is 1. The van der Waals surface area contributed by atoms with Crippen molar-refractivity contribution in [3.8, 4) is 0 Å². The molecule has 0 fully saturated rings. The molecular weight excluding hydrogens is 232 g/mol. The van der Waals surface area contributed by atoms with Crippen molar-refractivity contribution >= 4 is 12.0 Å². The van der Waals surface area contributed by atoms with Crippen molar-refractivity contribution in [2.24, 2.45) is 5.92 Å². The fourth-order valence-corrected chi connectivity index (χ4v) is 1.64. The van der Waals surface area contributed by atoms with Crippen LogP contribution in [0.4, 0.5) is 4.79 Å². The number of carbonyl (C=O) groups is 2. The molecule has 0 saturated carbocycles. The Balaban J connectivity index is 4.10. The zero-order valence-corrected chi connectivity index (χ0v) is 11.9. The second kappa shape index (κ2) is 8.78. The Bertz CT molecular complexity index is 269. The molecule has 0 aliphatic heterocycles. The smallest absolute Gasteiger partial charge is 0.326 e. The molecule has 0 aromatic carbocycles. The van der Waals surface area contributed by atoms with E-state index in [-0.39, 0.29) is 6.03 Å². The summed E-state index contributed by atoms with van der Waals surface area (Å²) in [5.74, 6) is -0.520. The minimum absolute atomic E-state index is 0.320. The fraction of sp³-hybridized carbons (Fsp3) is 0.846. The molecule has 5 nitrogen and oxygen atoms in total. The second-order valence-electron chi connectivity index (χ2n) is 4.73. The molecule has 0 bridgehead atoms. The first-order valence-electron chi connectivity index (χ1n) is 6.67. The molecule has 106 valence electrons. The third-order valence-electron chi connectivity index (χ3n) is 3.34. The molecule has 0 aliphatic carbocycles. The number of hydrogen-bond donors (Lipinski definition) is 2. The highest BCUT2D eigenvalue weighted by atomic mass is 16.4. The maximum Gasteiger partial charge on any atom is 0.326 e. The van der Waals surface area contributed by atoms with Crippen LogP contribution < -0.4 is 5.32 Å². The summed E-state index contributed by atoms with van der Waals surface area (Å²) in [5.41, 5.74) is 0. The summed E-state index contributed by atoms with van der Waals surface area (Å²) in [6.45, 7) is 6.37. The quantitative estimate of drug-likeness (QED) is 0.702. The summed E-state index contributed by atoms with van der Waals surface area (Å²) in [7, 11) is 1.50. The number of aliphatic carboxylic acids is 1. The highest BCUT2D eigenvalue weighted by Crippen LogP contribution is 2.11. The molecule has 0 saturated heterocycles. The van der Waals surface area contributed by atoms with Crippen LogP contribution >= 0.6 is 0 Å². The van der Waals surface area contributed by atoms with Crippen LogP contribution in [0.3, 0.4) is 0 Å². The summed E-state index contributed by atoms with van der Waals surface area (Å²) in [6, 6.07) is -1.12. The molecule has 0 aromatic heterocycles. The lowest BCUT2D eigenvalue weighted by Crippen LogP contribution is -2.46. The number of carboxylic acid groups (broad SMARTS) is 1. The zero-order valence-electron chi connectivity index (χ0n) is 11.9. The summed E-state index contributed by atoms with van der Waals surface area (Å²) in [4.78, 5) is 23.7. The van der Waals surface area contributed by atoms with Crippen LogP contribution in [0, 0.1) is 5.92 Å². The van der Waals surface area contributed by atoms with E-state index in [9.17, 15) is 9.59 Å². The lowest BCUT2D eigenvalue weighted by Gasteiger charge is -2.23. The van der Waals surface area contributed by atoms with Crippen molar-refractivity contribution in [1.82, 2.24) is 10.2 Å². The van der Waals surface area contributed by atoms with Crippen molar-refractivity contribution in [1.29, 1.82) is 0 Å². The highest BCUT2D eigenvalue weighted by Gasteiger charge is 2.21. The molecule has 2 N–H and O–H groups in total. The lowest BCUT2D eigenvalue weighted by molar-refractivity contribution is -0.141. The van der Waals surface area contributed by atoms with E-state index >= 15 is 0 Å². The number of nitrogens with zero attached hydrogens (tertiary/aromatic N) is 1. The molecule has 2 amide bonds. The molecule has 0 heterocycles. The Morgan fingerprint density at radius 3 is 2.39 bits per heavy atom. The van der Waals surface area contributed by atoms with Crippen LogP contribution in [0.15, 0.2) is 0 Å². The summed E-state index contributed by atoms with van der Waals surface area (Å²) in [5, 5.41) is 11.6. The van der Waals surface area contributed by atoms with Gasteiger partial charge in [0, 0.05) is 13.6 Å². The first-order chi connectivity index (χ1) is 8.43. The van der Waals surface area contributed by atoms with Gasteiger partial charge in [0.2, 0.25) is 0 Å². The number of rotatable bonds is 8. The fourth-order valence-electron chi connectivity index (χ4n) is 1.64. The molecule has 0 radical (unpaired) electrons. The minimum atomic E-state index is -0.995. The van der Waals surface area contributed by atoms with Crippen LogP contribution in [0.25, 0.3) is 0 Å². The Kier molecular flexibility index (Phi) is 8.16. The molecule has 2 atom stereocenters. The normalized spacial score (nSPS) is 13.8. The van der Waals surface area contributed by atoms with E-state index in [2.05, 4.69) is 19.2 Å². The molecule has 0 spiro atoms. The van der Waals surface area contributed by atoms with Crippen LogP contribution in [-0.2, 0) is 4.79 Å². The number of unbranched alkanes of at least 4 members (excludes halogenated alkanes) is 1. The Hall–Kier alpha value is -1.26. The van der Waals surface area contributed by atoms with E-state index in [0.29, 0.717) is 12.5 Å². The van der Waals surface area contributed by atoms with Gasteiger partial charge in [-0.15, -0.1) is 0 Å². The third kappa shape index (κ3) is 5.89. The second-order valence-corrected chi connectivity index (χ2v) is 4.73. The van der Waals surface area contributed by atoms with Crippen LogP contribution in [-0.4, -0.2) is 41.6 Å². The Labute approximate surface area is 110 Å². The van der Waals surface area contributed by atoms with Gasteiger partial charge in [0.05, 0.1) is 0 Å². The van der Waals surface area contributed by atoms with E-state index in [1.54, 1.807) is 0 Å². The summed E-state index contributed by atoms with van der Waals surface area (Å²) in [6.07, 6.45) is 4.44. The van der Waals surface area contributed by atoms with Crippen molar-refractivity contribution in [3.05, 3.63) is 0 Å². The van der Waals surface area contributed by atoms with Crippen molar-refractivity contribution in [2.75, 3.05) is 13.6 Å². The van der Waals surface area contributed by atoms with E-state index < -0.39 is 12.0 Å². The summed E-state index contributed by atoms with van der Waals surface area (Å²) >= 11 is 0. The first-order valence-corrected chi connectivity index (χ1v) is 6.67. The standard InChI is InChI=1S/C13H26N2O3/c1-5-7-8-11(6-2)9-14-13(18)15(4)10(3)12(16)17/h10-11H,5-9H2,1-4H3,(H,14,18)(H,16,17). The monoisotopic (exact) mass is 258 g/mol. The van der Waals surface area contributed by atoms with Crippen molar-refractivity contribution in [3.63, 3.8) is 0 Å². The molecule has 0 aliphatic rings. The summed E-state index contributed by atoms with van der Waals surface area (Å²) < 4.78 is 0. The number of urea groups is 1. The largest absolute Gasteiger partial charge is 0.480 e. The van der Waals surface area contributed by atoms with Crippen LogP contribution in [0.5, 0.6) is 0 Å². The van der Waals surface area contributed by atoms with Gasteiger partial charge < -0.3 is 15.3 Å². The maximum absolute atomic E-state index is 11.7. The topological polar surface area (TPSA) is 69.6 Å². The van der Waals surface area contributed by atoms with E-state index in [1.165, 1.54) is 18.9 Å². The van der Waals surface area contributed by atoms with E-state index in [4.69, 9.17) is 5.11 Å². The van der Waals surface area contributed by atoms with Gasteiger partial charge in [-0.05, 0) is 19.3 Å². The van der Waals surface area contributed by atoms with Crippen molar-refractivity contribution < 1.29 is 14.7 Å². The van der Waals surface area contributed by atoms with Gasteiger partial charge >= 0.3 is 12.0 Å². The lowest BCUT2D eigenvalue weighted by atomic mass is 9.99. The number of carbonyl (C=O) groups excluding carboxylic acids is 1. The highest BCUT2D eigenvalue weighted by molar-refractivity contribution is 5.82. The number of carboxylic acids is 1. The molecule has 5 heteroatoms. The molecule has 0 aromatic rings. The number of nitrogens with one attached hydrogen (secondary N) is 1. The van der Waals surface area contributed by atoms with E-state index in [1.807, 2.05) is 0 Å². The van der Waals surface area contributed by atoms with Gasteiger partial charge in [-0.25, -0.2) is 9.59 Å². The molecule has 18 heavy (non-hydrogen) atoms. The maximum atomic E-state index is 11.7. The average molecular weight is 258 g/mol. The van der Waals surface area contributed by atoms with Crippen LogP contribution in [0.2, 0.25) is 0 Å². The van der Waals surface area contributed by atoms with Gasteiger partial charge in [0.15, 0.2) is 0 Å². The van der Waals surface area contributed by atoms with Crippen LogP contribution in [0.1, 0.15) is 46.5 Å². The minimum Gasteiger partial charge on any atom is -0.480 e. The average Bonchev–Trinajstić information content (AvgIpc) is 2.36. The predicted octanol–water partition coefficient (Wildman–Crippen LogP) is 2.32. The van der Waals surface area contributed by atoms with Gasteiger partial charge in [0.1, 0.15) is 6.04 Å². The van der Waals surface area contributed by atoms with Crippen molar-refractivity contribution in [2.45, 2.75) is 52.5 Å². The van der Waals surface area contributed by atoms with Gasteiger partial charge in [-0.3, -0.25) is 0 Å².